The maximum absolute atomic E-state index is 12.1. The van der Waals surface area contributed by atoms with Crippen LogP contribution in [0.5, 0.6) is 0 Å². The van der Waals surface area contributed by atoms with Gasteiger partial charge < -0.3 is 11.1 Å². The average molecular weight is 319 g/mol. The normalized spacial score (nSPS) is 11.4. The zero-order chi connectivity index (χ0) is 15.1. The summed E-state index contributed by atoms with van der Waals surface area (Å²) in [5, 5.41) is 2.95. The Balaban J connectivity index is 0.00000242. The molecule has 1 amide bonds. The predicted octanol–water partition coefficient (Wildman–Crippen LogP) is 3.77. The molecule has 4 heteroatoms. The van der Waals surface area contributed by atoms with Gasteiger partial charge in [-0.1, -0.05) is 61.9 Å². The second kappa shape index (κ2) is 9.23. The summed E-state index contributed by atoms with van der Waals surface area (Å²) in [5.74, 6) is -0.114. The largest absolute Gasteiger partial charge is 0.324 e. The van der Waals surface area contributed by atoms with Gasteiger partial charge >= 0.3 is 0 Å². The van der Waals surface area contributed by atoms with Crippen LogP contribution in [-0.2, 0) is 11.2 Å². The Morgan fingerprint density at radius 3 is 2.41 bits per heavy atom. The molecule has 0 spiro atoms. The first kappa shape index (κ1) is 18.2. The minimum atomic E-state index is -0.445. The summed E-state index contributed by atoms with van der Waals surface area (Å²) < 4.78 is 0. The van der Waals surface area contributed by atoms with E-state index in [9.17, 15) is 4.79 Å². The van der Waals surface area contributed by atoms with E-state index in [-0.39, 0.29) is 18.3 Å². The summed E-state index contributed by atoms with van der Waals surface area (Å²) in [6.45, 7) is 2.02. The summed E-state index contributed by atoms with van der Waals surface area (Å²) >= 11 is 0. The quantitative estimate of drug-likeness (QED) is 0.852. The Bertz CT molecular complexity index is 587. The van der Waals surface area contributed by atoms with Crippen molar-refractivity contribution in [3.63, 3.8) is 0 Å². The van der Waals surface area contributed by atoms with Crippen molar-refractivity contribution in [3.05, 3.63) is 65.7 Å². The van der Waals surface area contributed by atoms with Gasteiger partial charge in [-0.05, 0) is 30.0 Å². The zero-order valence-corrected chi connectivity index (χ0v) is 13.6. The zero-order valence-electron chi connectivity index (χ0n) is 12.8. The molecule has 0 aliphatic rings. The first-order valence-corrected chi connectivity index (χ1v) is 7.39. The summed E-state index contributed by atoms with van der Waals surface area (Å²) in [6.07, 6.45) is 2.40. The molecule has 0 aliphatic heterocycles. The number of anilines is 1. The monoisotopic (exact) mass is 318 g/mol. The maximum atomic E-state index is 12.1. The van der Waals surface area contributed by atoms with Gasteiger partial charge in [-0.25, -0.2) is 0 Å². The minimum Gasteiger partial charge on any atom is -0.324 e. The molecule has 1 atom stereocenters. The lowest BCUT2D eigenvalue weighted by Crippen LogP contribution is -2.35. The fourth-order valence-corrected chi connectivity index (χ4v) is 2.28. The number of carbonyl (C=O) groups is 1. The van der Waals surface area contributed by atoms with E-state index in [0.29, 0.717) is 6.42 Å². The minimum absolute atomic E-state index is 0. The second-order valence-corrected chi connectivity index (χ2v) is 5.20. The Kier molecular flexibility index (Phi) is 7.64. The van der Waals surface area contributed by atoms with Gasteiger partial charge in [0.1, 0.15) is 0 Å². The molecule has 0 saturated carbocycles. The molecular formula is C18H23ClN2O. The lowest BCUT2D eigenvalue weighted by molar-refractivity contribution is -0.117. The molecule has 2 rings (SSSR count). The molecular weight excluding hydrogens is 296 g/mol. The van der Waals surface area contributed by atoms with E-state index in [1.165, 1.54) is 5.56 Å². The first-order valence-electron chi connectivity index (χ1n) is 7.39. The highest BCUT2D eigenvalue weighted by molar-refractivity contribution is 5.95. The van der Waals surface area contributed by atoms with Gasteiger partial charge in [0.05, 0.1) is 6.04 Å². The lowest BCUT2D eigenvalue weighted by atomic mass is 10.0. The van der Waals surface area contributed by atoms with Crippen LogP contribution in [-0.4, -0.2) is 11.9 Å². The number of rotatable bonds is 6. The molecule has 0 saturated heterocycles. The number of hydrogen-bond acceptors (Lipinski definition) is 2. The van der Waals surface area contributed by atoms with Crippen LogP contribution in [0.15, 0.2) is 54.6 Å². The number of para-hydroxylation sites is 1. The van der Waals surface area contributed by atoms with Gasteiger partial charge in [-0.15, -0.1) is 12.4 Å². The van der Waals surface area contributed by atoms with Crippen LogP contribution in [0.1, 0.15) is 30.9 Å². The number of halogens is 1. The molecule has 0 aliphatic carbocycles. The van der Waals surface area contributed by atoms with Gasteiger partial charge in [0, 0.05) is 5.69 Å². The van der Waals surface area contributed by atoms with Crippen molar-refractivity contribution >= 4 is 24.0 Å². The van der Waals surface area contributed by atoms with Gasteiger partial charge in [0.2, 0.25) is 5.91 Å². The Morgan fingerprint density at radius 1 is 1.09 bits per heavy atom. The van der Waals surface area contributed by atoms with Crippen molar-refractivity contribution in [2.75, 3.05) is 5.32 Å². The molecule has 0 bridgehead atoms. The molecule has 0 fully saturated rings. The SMILES string of the molecule is CCCC(N)C(=O)Nc1ccccc1Cc1ccccc1.Cl. The van der Waals surface area contributed by atoms with E-state index >= 15 is 0 Å². The molecule has 2 aromatic rings. The van der Waals surface area contributed by atoms with Crippen molar-refractivity contribution in [1.29, 1.82) is 0 Å². The van der Waals surface area contributed by atoms with Crippen LogP contribution >= 0.6 is 12.4 Å². The number of hydrogen-bond donors (Lipinski definition) is 2. The summed E-state index contributed by atoms with van der Waals surface area (Å²) in [7, 11) is 0. The molecule has 3 N–H and O–H groups in total. The Hall–Kier alpha value is -1.84. The third-order valence-electron chi connectivity index (χ3n) is 3.45. The van der Waals surface area contributed by atoms with Crippen LogP contribution in [0, 0.1) is 0 Å². The molecule has 1 unspecified atom stereocenters. The van der Waals surface area contributed by atoms with E-state index in [4.69, 9.17) is 5.73 Å². The molecule has 0 heterocycles. The smallest absolute Gasteiger partial charge is 0.241 e. The highest BCUT2D eigenvalue weighted by Crippen LogP contribution is 2.19. The number of nitrogens with two attached hydrogens (primary N) is 1. The first-order chi connectivity index (χ1) is 10.2. The summed E-state index contributed by atoms with van der Waals surface area (Å²) in [5.41, 5.74) is 9.03. The highest BCUT2D eigenvalue weighted by Gasteiger charge is 2.13. The second-order valence-electron chi connectivity index (χ2n) is 5.20. The molecule has 22 heavy (non-hydrogen) atoms. The number of carbonyl (C=O) groups excluding carboxylic acids is 1. The average Bonchev–Trinajstić information content (AvgIpc) is 2.50. The molecule has 0 aromatic heterocycles. The third-order valence-corrected chi connectivity index (χ3v) is 3.45. The van der Waals surface area contributed by atoms with Gasteiger partial charge in [-0.2, -0.15) is 0 Å². The van der Waals surface area contributed by atoms with Crippen molar-refractivity contribution in [2.24, 2.45) is 5.73 Å². The fraction of sp³-hybridized carbons (Fsp3) is 0.278. The van der Waals surface area contributed by atoms with Crippen molar-refractivity contribution in [1.82, 2.24) is 0 Å². The van der Waals surface area contributed by atoms with Crippen molar-refractivity contribution < 1.29 is 4.79 Å². The lowest BCUT2D eigenvalue weighted by Gasteiger charge is -2.14. The maximum Gasteiger partial charge on any atom is 0.241 e. The van der Waals surface area contributed by atoms with Gasteiger partial charge in [-0.3, -0.25) is 4.79 Å². The molecule has 118 valence electrons. The van der Waals surface area contributed by atoms with Crippen molar-refractivity contribution in [2.45, 2.75) is 32.2 Å². The summed E-state index contributed by atoms with van der Waals surface area (Å²) in [6, 6.07) is 17.6. The Morgan fingerprint density at radius 2 is 1.73 bits per heavy atom. The van der Waals surface area contributed by atoms with Crippen LogP contribution < -0.4 is 11.1 Å². The van der Waals surface area contributed by atoms with Crippen molar-refractivity contribution in [3.8, 4) is 0 Å². The number of nitrogens with one attached hydrogen (secondary N) is 1. The van der Waals surface area contributed by atoms with Crippen LogP contribution in [0.2, 0.25) is 0 Å². The van der Waals surface area contributed by atoms with E-state index in [2.05, 4.69) is 17.4 Å². The highest BCUT2D eigenvalue weighted by atomic mass is 35.5. The predicted molar refractivity (Wildman–Crippen MR) is 94.5 cm³/mol. The van der Waals surface area contributed by atoms with Crippen LogP contribution in [0.3, 0.4) is 0 Å². The number of amides is 1. The van der Waals surface area contributed by atoms with E-state index in [1.54, 1.807) is 0 Å². The number of benzene rings is 2. The van der Waals surface area contributed by atoms with Gasteiger partial charge in [0.25, 0.3) is 0 Å². The molecule has 3 nitrogen and oxygen atoms in total. The third kappa shape index (κ3) is 5.17. The van der Waals surface area contributed by atoms with Crippen LogP contribution in [0.4, 0.5) is 5.69 Å². The van der Waals surface area contributed by atoms with Crippen LogP contribution in [0.25, 0.3) is 0 Å². The van der Waals surface area contributed by atoms with E-state index in [1.807, 2.05) is 49.4 Å². The summed E-state index contributed by atoms with van der Waals surface area (Å²) in [4.78, 5) is 12.1. The Labute approximate surface area is 138 Å². The molecule has 2 aromatic carbocycles. The molecule has 0 radical (unpaired) electrons. The topological polar surface area (TPSA) is 55.1 Å². The fourth-order valence-electron chi connectivity index (χ4n) is 2.28. The van der Waals surface area contributed by atoms with E-state index in [0.717, 1.165) is 24.1 Å². The van der Waals surface area contributed by atoms with Gasteiger partial charge in [0.15, 0.2) is 0 Å². The van der Waals surface area contributed by atoms with E-state index < -0.39 is 6.04 Å². The standard InChI is InChI=1S/C18H22N2O.ClH/c1-2-8-16(19)18(21)20-17-12-7-6-11-15(17)13-14-9-4-3-5-10-14;/h3-7,9-12,16H,2,8,13,19H2,1H3,(H,20,21);1H.